The van der Waals surface area contributed by atoms with Crippen molar-refractivity contribution in [2.75, 3.05) is 26.9 Å². The highest BCUT2D eigenvalue weighted by atomic mass is 16.5. The van der Waals surface area contributed by atoms with Crippen molar-refractivity contribution in [3.05, 3.63) is 23.8 Å². The third-order valence-electron chi connectivity index (χ3n) is 2.16. The Hall–Kier alpha value is -1.66. The van der Waals surface area contributed by atoms with Crippen LogP contribution in [0.5, 0.6) is 11.5 Å². The van der Waals surface area contributed by atoms with E-state index in [1.165, 1.54) is 0 Å². The molecule has 0 amide bonds. The van der Waals surface area contributed by atoms with Gasteiger partial charge in [-0.2, -0.15) is 0 Å². The first-order valence-corrected chi connectivity index (χ1v) is 5.67. The van der Waals surface area contributed by atoms with Gasteiger partial charge in [-0.15, -0.1) is 6.42 Å². The summed E-state index contributed by atoms with van der Waals surface area (Å²) in [7, 11) is 1.67. The third kappa shape index (κ3) is 4.38. The maximum atomic E-state index is 5.62. The van der Waals surface area contributed by atoms with E-state index in [2.05, 4.69) is 5.92 Å². The van der Waals surface area contributed by atoms with Crippen molar-refractivity contribution in [1.29, 1.82) is 0 Å². The van der Waals surface area contributed by atoms with Crippen LogP contribution in [-0.4, -0.2) is 26.9 Å². The average molecular weight is 234 g/mol. The summed E-state index contributed by atoms with van der Waals surface area (Å²) >= 11 is 0. The first-order chi connectivity index (χ1) is 8.31. The van der Waals surface area contributed by atoms with Crippen LogP contribution in [0.2, 0.25) is 0 Å². The second-order valence-electron chi connectivity index (χ2n) is 3.43. The second kappa shape index (κ2) is 7.59. The van der Waals surface area contributed by atoms with Gasteiger partial charge in [0.05, 0.1) is 13.2 Å². The molecule has 0 aliphatic rings. The molecule has 0 unspecified atom stereocenters. The number of hydrogen-bond donors (Lipinski definition) is 0. The van der Waals surface area contributed by atoms with E-state index in [1.54, 1.807) is 7.11 Å². The number of methoxy groups -OCH3 is 1. The highest BCUT2D eigenvalue weighted by Gasteiger charge is 2.05. The highest BCUT2D eigenvalue weighted by Crippen LogP contribution is 2.28. The predicted molar refractivity (Wildman–Crippen MR) is 67.5 cm³/mol. The van der Waals surface area contributed by atoms with E-state index in [0.717, 1.165) is 17.7 Å². The molecule has 0 atom stereocenters. The van der Waals surface area contributed by atoms with Gasteiger partial charge in [0.2, 0.25) is 0 Å². The second-order valence-corrected chi connectivity index (χ2v) is 3.43. The van der Waals surface area contributed by atoms with E-state index >= 15 is 0 Å². The van der Waals surface area contributed by atoms with Crippen LogP contribution in [-0.2, 0) is 4.74 Å². The van der Waals surface area contributed by atoms with E-state index in [4.69, 9.17) is 20.6 Å². The first-order valence-electron chi connectivity index (χ1n) is 5.67. The summed E-state index contributed by atoms with van der Waals surface area (Å²) in [4.78, 5) is 0. The van der Waals surface area contributed by atoms with Crippen LogP contribution in [0.1, 0.15) is 18.9 Å². The molecule has 1 aromatic carbocycles. The third-order valence-corrected chi connectivity index (χ3v) is 2.16. The van der Waals surface area contributed by atoms with Crippen LogP contribution in [0.3, 0.4) is 0 Å². The SMILES string of the molecule is C#Cc1ccc(OCCCOC)c(OCC)c1. The van der Waals surface area contributed by atoms with Crippen LogP contribution in [0.4, 0.5) is 0 Å². The molecule has 17 heavy (non-hydrogen) atoms. The minimum Gasteiger partial charge on any atom is -0.490 e. The molecule has 0 spiro atoms. The van der Waals surface area contributed by atoms with Crippen molar-refractivity contribution in [3.8, 4) is 23.8 Å². The van der Waals surface area contributed by atoms with Gasteiger partial charge in [-0.3, -0.25) is 0 Å². The molecule has 1 rings (SSSR count). The summed E-state index contributed by atoms with van der Waals surface area (Å²) in [5.41, 5.74) is 0.790. The number of ether oxygens (including phenoxy) is 3. The molecule has 92 valence electrons. The Kier molecular flexibility index (Phi) is 5.98. The van der Waals surface area contributed by atoms with Gasteiger partial charge in [-0.25, -0.2) is 0 Å². The number of benzene rings is 1. The molecule has 0 saturated heterocycles. The molecular weight excluding hydrogens is 216 g/mol. The van der Waals surface area contributed by atoms with E-state index in [0.29, 0.717) is 25.6 Å². The largest absolute Gasteiger partial charge is 0.490 e. The minimum atomic E-state index is 0.586. The normalized spacial score (nSPS) is 9.71. The standard InChI is InChI=1S/C14H18O3/c1-4-12-7-8-13(14(11-12)16-5-2)17-10-6-9-15-3/h1,7-8,11H,5-6,9-10H2,2-3H3. The zero-order valence-electron chi connectivity index (χ0n) is 10.4. The van der Waals surface area contributed by atoms with Crippen molar-refractivity contribution >= 4 is 0 Å². The van der Waals surface area contributed by atoms with Gasteiger partial charge in [-0.05, 0) is 25.1 Å². The zero-order valence-corrected chi connectivity index (χ0v) is 10.4. The lowest BCUT2D eigenvalue weighted by molar-refractivity contribution is 0.170. The van der Waals surface area contributed by atoms with E-state index in [1.807, 2.05) is 25.1 Å². The Bertz CT molecular complexity index is 380. The van der Waals surface area contributed by atoms with Gasteiger partial charge in [-0.1, -0.05) is 5.92 Å². The van der Waals surface area contributed by atoms with Crippen molar-refractivity contribution < 1.29 is 14.2 Å². The lowest BCUT2D eigenvalue weighted by Crippen LogP contribution is -2.03. The fourth-order valence-corrected chi connectivity index (χ4v) is 1.37. The molecule has 1 aromatic rings. The molecule has 0 aliphatic heterocycles. The van der Waals surface area contributed by atoms with Crippen LogP contribution in [0, 0.1) is 12.3 Å². The van der Waals surface area contributed by atoms with Gasteiger partial charge in [0.1, 0.15) is 0 Å². The van der Waals surface area contributed by atoms with Gasteiger partial charge < -0.3 is 14.2 Å². The smallest absolute Gasteiger partial charge is 0.162 e. The Morgan fingerprint density at radius 3 is 2.65 bits per heavy atom. The molecule has 0 N–H and O–H groups in total. The maximum Gasteiger partial charge on any atom is 0.162 e. The molecular formula is C14H18O3. The molecule has 0 bridgehead atoms. The number of terminal acetylenes is 1. The molecule has 0 aromatic heterocycles. The maximum absolute atomic E-state index is 5.62. The quantitative estimate of drug-likeness (QED) is 0.536. The molecule has 0 radical (unpaired) electrons. The van der Waals surface area contributed by atoms with E-state index in [9.17, 15) is 0 Å². The fraction of sp³-hybridized carbons (Fsp3) is 0.429. The predicted octanol–water partition coefficient (Wildman–Crippen LogP) is 2.48. The topological polar surface area (TPSA) is 27.7 Å². The molecule has 0 fully saturated rings. The van der Waals surface area contributed by atoms with Crippen LogP contribution in [0.15, 0.2) is 18.2 Å². The van der Waals surface area contributed by atoms with Gasteiger partial charge in [0, 0.05) is 25.7 Å². The lowest BCUT2D eigenvalue weighted by atomic mass is 10.2. The average Bonchev–Trinajstić information content (AvgIpc) is 2.36. The Balaban J connectivity index is 2.66. The molecule has 0 saturated carbocycles. The number of rotatable bonds is 7. The summed E-state index contributed by atoms with van der Waals surface area (Å²) in [5.74, 6) is 3.99. The Morgan fingerprint density at radius 1 is 1.18 bits per heavy atom. The van der Waals surface area contributed by atoms with Crippen LogP contribution >= 0.6 is 0 Å². The van der Waals surface area contributed by atoms with Crippen molar-refractivity contribution in [2.24, 2.45) is 0 Å². The fourth-order valence-electron chi connectivity index (χ4n) is 1.37. The minimum absolute atomic E-state index is 0.586. The van der Waals surface area contributed by atoms with Crippen molar-refractivity contribution in [1.82, 2.24) is 0 Å². The van der Waals surface area contributed by atoms with Crippen LogP contribution in [0.25, 0.3) is 0 Å². The molecule has 0 heterocycles. The summed E-state index contributed by atoms with van der Waals surface area (Å²) in [6.45, 7) is 3.80. The first kappa shape index (κ1) is 13.4. The zero-order chi connectivity index (χ0) is 12.5. The Labute approximate surface area is 103 Å². The summed E-state index contributed by atoms with van der Waals surface area (Å²) < 4.78 is 16.1. The molecule has 0 aliphatic carbocycles. The van der Waals surface area contributed by atoms with Gasteiger partial charge >= 0.3 is 0 Å². The summed E-state index contributed by atoms with van der Waals surface area (Å²) in [6, 6.07) is 5.50. The summed E-state index contributed by atoms with van der Waals surface area (Å²) in [6.07, 6.45) is 6.19. The summed E-state index contributed by atoms with van der Waals surface area (Å²) in [5, 5.41) is 0. The van der Waals surface area contributed by atoms with E-state index in [-0.39, 0.29) is 0 Å². The van der Waals surface area contributed by atoms with Crippen molar-refractivity contribution in [3.63, 3.8) is 0 Å². The Morgan fingerprint density at radius 2 is 2.00 bits per heavy atom. The molecule has 3 nitrogen and oxygen atoms in total. The highest BCUT2D eigenvalue weighted by molar-refractivity contribution is 5.47. The number of hydrogen-bond acceptors (Lipinski definition) is 3. The van der Waals surface area contributed by atoms with Gasteiger partial charge in [0.25, 0.3) is 0 Å². The monoisotopic (exact) mass is 234 g/mol. The van der Waals surface area contributed by atoms with Crippen LogP contribution < -0.4 is 9.47 Å². The molecule has 3 heteroatoms. The lowest BCUT2D eigenvalue weighted by Gasteiger charge is -2.12. The van der Waals surface area contributed by atoms with Gasteiger partial charge in [0.15, 0.2) is 11.5 Å². The van der Waals surface area contributed by atoms with Crippen molar-refractivity contribution in [2.45, 2.75) is 13.3 Å². The van der Waals surface area contributed by atoms with E-state index < -0.39 is 0 Å².